The molecule has 0 bridgehead atoms. The zero-order valence-electron chi connectivity index (χ0n) is 16.2. The lowest BCUT2D eigenvalue weighted by molar-refractivity contribution is 0.0933. The molecule has 0 spiro atoms. The highest BCUT2D eigenvalue weighted by atomic mass is 32.2. The summed E-state index contributed by atoms with van der Waals surface area (Å²) in [7, 11) is -4.95. The van der Waals surface area contributed by atoms with Crippen molar-refractivity contribution in [3.8, 4) is 0 Å². The third-order valence-corrected chi connectivity index (χ3v) is 8.97. The minimum absolute atomic E-state index is 0.0467. The Labute approximate surface area is 165 Å². The molecule has 1 aliphatic rings. The van der Waals surface area contributed by atoms with Crippen LogP contribution in [-0.4, -0.2) is 62.3 Å². The van der Waals surface area contributed by atoms with Gasteiger partial charge in [0.15, 0.2) is 9.84 Å². The van der Waals surface area contributed by atoms with E-state index in [1.54, 1.807) is 49.7 Å². The topological polar surface area (TPSA) is 106 Å². The summed E-state index contributed by atoms with van der Waals surface area (Å²) in [6, 6.07) is 6.04. The zero-order valence-corrected chi connectivity index (χ0v) is 17.8. The molecule has 0 aliphatic carbocycles. The molecular formula is C18H25N3O5S2. The molecule has 1 saturated heterocycles. The first-order valence-electron chi connectivity index (χ1n) is 9.20. The van der Waals surface area contributed by atoms with Crippen LogP contribution in [0.1, 0.15) is 30.8 Å². The number of amides is 1. The molecule has 1 aromatic carbocycles. The third-order valence-electron chi connectivity index (χ3n) is 5.16. The Bertz CT molecular complexity index is 1120. The Morgan fingerprint density at radius 3 is 2.50 bits per heavy atom. The summed E-state index contributed by atoms with van der Waals surface area (Å²) in [5, 5.41) is 3.41. The maximum absolute atomic E-state index is 12.7. The van der Waals surface area contributed by atoms with Crippen LogP contribution in [0.5, 0.6) is 0 Å². The van der Waals surface area contributed by atoms with E-state index in [-0.39, 0.29) is 22.3 Å². The highest BCUT2D eigenvalue weighted by Gasteiger charge is 2.30. The van der Waals surface area contributed by atoms with Gasteiger partial charge in [-0.25, -0.2) is 16.8 Å². The number of aryl methyl sites for hydroxylation is 1. The summed E-state index contributed by atoms with van der Waals surface area (Å²) in [6.45, 7) is 4.33. The third kappa shape index (κ3) is 3.81. The molecular weight excluding hydrogens is 402 g/mol. The predicted molar refractivity (Wildman–Crippen MR) is 108 cm³/mol. The molecule has 8 nitrogen and oxygen atoms in total. The van der Waals surface area contributed by atoms with Crippen LogP contribution in [0, 0.1) is 0 Å². The summed E-state index contributed by atoms with van der Waals surface area (Å²) < 4.78 is 51.7. The van der Waals surface area contributed by atoms with Crippen molar-refractivity contribution in [3.63, 3.8) is 0 Å². The summed E-state index contributed by atoms with van der Waals surface area (Å²) in [4.78, 5) is 12.8. The fraction of sp³-hybridized carbons (Fsp3) is 0.500. The molecule has 1 amide bonds. The van der Waals surface area contributed by atoms with Crippen LogP contribution in [-0.2, 0) is 26.9 Å². The first-order valence-corrected chi connectivity index (χ1v) is 12.5. The minimum Gasteiger partial charge on any atom is -0.347 e. The van der Waals surface area contributed by atoms with E-state index >= 15 is 0 Å². The van der Waals surface area contributed by atoms with Crippen molar-refractivity contribution in [1.82, 2.24) is 14.2 Å². The number of carbonyl (C=O) groups is 1. The lowest BCUT2D eigenvalue weighted by atomic mass is 10.2. The number of sulfone groups is 1. The highest BCUT2D eigenvalue weighted by molar-refractivity contribution is 7.91. The van der Waals surface area contributed by atoms with Gasteiger partial charge in [-0.15, -0.1) is 0 Å². The maximum Gasteiger partial charge on any atom is 0.268 e. The van der Waals surface area contributed by atoms with Crippen LogP contribution in [0.4, 0.5) is 0 Å². The van der Waals surface area contributed by atoms with E-state index in [4.69, 9.17) is 0 Å². The summed E-state index contributed by atoms with van der Waals surface area (Å²) in [6.07, 6.45) is 0.407. The first kappa shape index (κ1) is 20.8. The van der Waals surface area contributed by atoms with E-state index in [2.05, 4.69) is 5.32 Å². The van der Waals surface area contributed by atoms with E-state index in [9.17, 15) is 21.6 Å². The van der Waals surface area contributed by atoms with Crippen LogP contribution in [0.25, 0.3) is 10.9 Å². The fourth-order valence-electron chi connectivity index (χ4n) is 3.59. The van der Waals surface area contributed by atoms with Gasteiger partial charge in [0, 0.05) is 37.1 Å². The Morgan fingerprint density at radius 1 is 1.25 bits per heavy atom. The standard InChI is InChI=1S/C18H25N3O5S2/c1-4-21(5-2)28(25,26)15-6-7-16-13(10-15)11-17(20(16)3)18(22)19-14-8-9-27(23,24)12-14/h6-7,10-11,14H,4-5,8-9,12H2,1-3H3,(H,19,22)/t14-/m1/s1. The average molecular weight is 428 g/mol. The van der Waals surface area contributed by atoms with Gasteiger partial charge in [-0.05, 0) is 30.7 Å². The van der Waals surface area contributed by atoms with Crippen molar-refractivity contribution in [2.45, 2.75) is 31.2 Å². The fourth-order valence-corrected chi connectivity index (χ4v) is 6.75. The van der Waals surface area contributed by atoms with Crippen molar-refractivity contribution in [1.29, 1.82) is 0 Å². The number of hydrogen-bond donors (Lipinski definition) is 1. The van der Waals surface area contributed by atoms with E-state index in [1.165, 1.54) is 4.31 Å². The minimum atomic E-state index is -3.59. The maximum atomic E-state index is 12.7. The number of benzene rings is 1. The van der Waals surface area contributed by atoms with Gasteiger partial charge in [0.05, 0.1) is 16.4 Å². The molecule has 1 N–H and O–H groups in total. The van der Waals surface area contributed by atoms with Crippen LogP contribution in [0.2, 0.25) is 0 Å². The Kier molecular flexibility index (Phi) is 5.57. The lowest BCUT2D eigenvalue weighted by Crippen LogP contribution is -2.36. The van der Waals surface area contributed by atoms with Gasteiger partial charge in [0.2, 0.25) is 10.0 Å². The van der Waals surface area contributed by atoms with Crippen LogP contribution in [0.3, 0.4) is 0 Å². The van der Waals surface area contributed by atoms with Crippen molar-refractivity contribution < 1.29 is 21.6 Å². The SMILES string of the molecule is CCN(CC)S(=O)(=O)c1ccc2c(c1)cc(C(=O)N[C@@H]1CCS(=O)(=O)C1)n2C. The molecule has 10 heteroatoms. The molecule has 0 unspecified atom stereocenters. The van der Waals surface area contributed by atoms with E-state index < -0.39 is 25.9 Å². The number of sulfonamides is 1. The summed E-state index contributed by atoms with van der Waals surface area (Å²) >= 11 is 0. The smallest absolute Gasteiger partial charge is 0.268 e. The quantitative estimate of drug-likeness (QED) is 0.744. The molecule has 0 radical (unpaired) electrons. The van der Waals surface area contributed by atoms with E-state index in [0.717, 1.165) is 5.52 Å². The summed E-state index contributed by atoms with van der Waals surface area (Å²) in [5.74, 6) is -0.330. The number of carbonyl (C=O) groups excluding carboxylic acids is 1. The van der Waals surface area contributed by atoms with E-state index in [1.807, 2.05) is 0 Å². The second kappa shape index (κ2) is 7.49. The molecule has 1 aromatic heterocycles. The van der Waals surface area contributed by atoms with Crippen LogP contribution < -0.4 is 5.32 Å². The van der Waals surface area contributed by atoms with Crippen molar-refractivity contribution >= 4 is 36.7 Å². The average Bonchev–Trinajstić information content (AvgIpc) is 3.14. The highest BCUT2D eigenvalue weighted by Crippen LogP contribution is 2.25. The number of rotatable bonds is 6. The summed E-state index contributed by atoms with van der Waals surface area (Å²) in [5.41, 5.74) is 1.08. The van der Waals surface area contributed by atoms with Gasteiger partial charge >= 0.3 is 0 Å². The van der Waals surface area contributed by atoms with Gasteiger partial charge in [-0.2, -0.15) is 4.31 Å². The molecule has 154 valence electrons. The number of nitrogens with one attached hydrogen (secondary N) is 1. The number of hydrogen-bond acceptors (Lipinski definition) is 5. The van der Waals surface area contributed by atoms with Crippen LogP contribution >= 0.6 is 0 Å². The zero-order chi connectivity index (χ0) is 20.7. The van der Waals surface area contributed by atoms with E-state index in [0.29, 0.717) is 30.6 Å². The van der Waals surface area contributed by atoms with Crippen molar-refractivity contribution in [2.24, 2.45) is 7.05 Å². The number of nitrogens with zero attached hydrogens (tertiary/aromatic N) is 2. The molecule has 2 aromatic rings. The van der Waals surface area contributed by atoms with Crippen molar-refractivity contribution in [3.05, 3.63) is 30.0 Å². The Balaban J connectivity index is 1.92. The van der Waals surface area contributed by atoms with Gasteiger partial charge in [0.25, 0.3) is 5.91 Å². The predicted octanol–water partition coefficient (Wildman–Crippen LogP) is 1.13. The Morgan fingerprint density at radius 2 is 1.93 bits per heavy atom. The monoisotopic (exact) mass is 427 g/mol. The normalized spacial score (nSPS) is 19.4. The van der Waals surface area contributed by atoms with Gasteiger partial charge in [0.1, 0.15) is 5.69 Å². The van der Waals surface area contributed by atoms with Crippen molar-refractivity contribution in [2.75, 3.05) is 24.6 Å². The Hall–Kier alpha value is -1.91. The lowest BCUT2D eigenvalue weighted by Gasteiger charge is -2.18. The van der Waals surface area contributed by atoms with Gasteiger partial charge in [-0.1, -0.05) is 13.8 Å². The van der Waals surface area contributed by atoms with Crippen LogP contribution in [0.15, 0.2) is 29.2 Å². The second-order valence-corrected chi connectivity index (χ2v) is 11.1. The molecule has 1 aliphatic heterocycles. The molecule has 2 heterocycles. The first-order chi connectivity index (χ1) is 13.1. The molecule has 3 rings (SSSR count). The number of fused-ring (bicyclic) bond motifs is 1. The molecule has 1 atom stereocenters. The molecule has 0 saturated carbocycles. The molecule has 28 heavy (non-hydrogen) atoms. The second-order valence-electron chi connectivity index (χ2n) is 6.97. The largest absolute Gasteiger partial charge is 0.347 e. The van der Waals surface area contributed by atoms with Gasteiger partial charge < -0.3 is 9.88 Å². The van der Waals surface area contributed by atoms with Gasteiger partial charge in [-0.3, -0.25) is 4.79 Å². The molecule has 1 fully saturated rings. The number of aromatic nitrogens is 1.